The highest BCUT2D eigenvalue weighted by molar-refractivity contribution is 5.93. The molecule has 0 atom stereocenters. The lowest BCUT2D eigenvalue weighted by molar-refractivity contribution is -0.137. The zero-order valence-electron chi connectivity index (χ0n) is 14.3. The Kier molecular flexibility index (Phi) is 5.13. The molecule has 1 aromatic heterocycles. The fraction of sp³-hybridized carbons (Fsp3) is 0.333. The fourth-order valence-corrected chi connectivity index (χ4v) is 2.71. The van der Waals surface area contributed by atoms with E-state index in [-0.39, 0.29) is 5.91 Å². The largest absolute Gasteiger partial charge is 0.416 e. The number of anilines is 2. The number of rotatable bonds is 3. The molecule has 0 saturated carbocycles. The van der Waals surface area contributed by atoms with Crippen molar-refractivity contribution in [2.45, 2.75) is 6.18 Å². The minimum atomic E-state index is -4.36. The molecule has 3 rings (SSSR count). The van der Waals surface area contributed by atoms with Crippen molar-refractivity contribution < 1.29 is 18.0 Å². The second-order valence-corrected chi connectivity index (χ2v) is 6.23. The first-order valence-electron chi connectivity index (χ1n) is 8.21. The van der Waals surface area contributed by atoms with Crippen LogP contribution in [0.3, 0.4) is 0 Å². The van der Waals surface area contributed by atoms with Crippen LogP contribution in [-0.4, -0.2) is 53.9 Å². The summed E-state index contributed by atoms with van der Waals surface area (Å²) in [5.41, 5.74) is 0.703. The fourth-order valence-electron chi connectivity index (χ4n) is 2.71. The van der Waals surface area contributed by atoms with Crippen LogP contribution in [0, 0.1) is 0 Å². The summed E-state index contributed by atoms with van der Waals surface area (Å²) in [6, 6.07) is 8.01. The Morgan fingerprint density at radius 2 is 1.69 bits per heavy atom. The van der Waals surface area contributed by atoms with Crippen molar-refractivity contribution in [1.29, 1.82) is 0 Å². The number of pyridine rings is 1. The summed E-state index contributed by atoms with van der Waals surface area (Å²) in [5.74, 6) is -0.144. The number of aromatic nitrogens is 1. The third-order valence-electron chi connectivity index (χ3n) is 4.27. The monoisotopic (exact) mass is 364 g/mol. The highest BCUT2D eigenvalue weighted by Gasteiger charge is 2.30. The summed E-state index contributed by atoms with van der Waals surface area (Å²) in [5, 5.41) is 3.00. The van der Waals surface area contributed by atoms with Gasteiger partial charge in [0, 0.05) is 43.8 Å². The Hall–Kier alpha value is -2.61. The number of nitrogens with one attached hydrogen (secondary N) is 1. The smallest absolute Gasteiger partial charge is 0.355 e. The summed E-state index contributed by atoms with van der Waals surface area (Å²) < 4.78 is 37.8. The van der Waals surface area contributed by atoms with Crippen LogP contribution in [0.5, 0.6) is 0 Å². The van der Waals surface area contributed by atoms with Gasteiger partial charge in [0.25, 0.3) is 5.91 Å². The van der Waals surface area contributed by atoms with Crippen LogP contribution in [0.25, 0.3) is 0 Å². The summed E-state index contributed by atoms with van der Waals surface area (Å²) in [6.07, 6.45) is -2.85. The minimum Gasteiger partial charge on any atom is -0.355 e. The highest BCUT2D eigenvalue weighted by atomic mass is 19.4. The van der Waals surface area contributed by atoms with Crippen LogP contribution in [-0.2, 0) is 6.18 Å². The zero-order chi connectivity index (χ0) is 18.7. The molecule has 138 valence electrons. The number of alkyl halides is 3. The van der Waals surface area contributed by atoms with E-state index < -0.39 is 11.7 Å². The van der Waals surface area contributed by atoms with Gasteiger partial charge in [0.05, 0.1) is 5.56 Å². The van der Waals surface area contributed by atoms with E-state index >= 15 is 0 Å². The maximum absolute atomic E-state index is 12.6. The second-order valence-electron chi connectivity index (χ2n) is 6.23. The van der Waals surface area contributed by atoms with E-state index in [1.165, 1.54) is 18.3 Å². The van der Waals surface area contributed by atoms with Gasteiger partial charge in [-0.1, -0.05) is 0 Å². The van der Waals surface area contributed by atoms with Crippen molar-refractivity contribution in [2.24, 2.45) is 0 Å². The first kappa shape index (κ1) is 18.2. The number of nitrogens with zero attached hydrogens (tertiary/aromatic N) is 3. The number of benzene rings is 1. The van der Waals surface area contributed by atoms with Crippen LogP contribution in [0.2, 0.25) is 0 Å². The standard InChI is InChI=1S/C18H19F3N4O/c1-24-8-10-25(11-9-24)17(26)16-12-15(6-7-22-16)23-14-4-2-13(3-5-14)18(19,20)21/h2-7,12H,8-11H2,1H3,(H,22,23). The lowest BCUT2D eigenvalue weighted by Gasteiger charge is -2.32. The van der Waals surface area contributed by atoms with E-state index in [0.717, 1.165) is 25.2 Å². The minimum absolute atomic E-state index is 0.144. The average molecular weight is 364 g/mol. The molecule has 1 N–H and O–H groups in total. The van der Waals surface area contributed by atoms with E-state index in [2.05, 4.69) is 15.2 Å². The lowest BCUT2D eigenvalue weighted by Crippen LogP contribution is -2.47. The lowest BCUT2D eigenvalue weighted by atomic mass is 10.2. The molecule has 8 heteroatoms. The van der Waals surface area contributed by atoms with Crippen molar-refractivity contribution >= 4 is 17.3 Å². The van der Waals surface area contributed by atoms with Gasteiger partial charge in [-0.15, -0.1) is 0 Å². The Morgan fingerprint density at radius 1 is 1.04 bits per heavy atom. The van der Waals surface area contributed by atoms with E-state index in [0.29, 0.717) is 30.2 Å². The molecule has 1 aliphatic heterocycles. The van der Waals surface area contributed by atoms with Gasteiger partial charge in [-0.3, -0.25) is 9.78 Å². The Labute approximate surface area is 149 Å². The van der Waals surface area contributed by atoms with Crippen LogP contribution in [0.4, 0.5) is 24.5 Å². The molecule has 0 unspecified atom stereocenters. The van der Waals surface area contributed by atoms with Crippen LogP contribution < -0.4 is 5.32 Å². The van der Waals surface area contributed by atoms with E-state index in [1.54, 1.807) is 17.0 Å². The van der Waals surface area contributed by atoms with Crippen molar-refractivity contribution in [3.05, 3.63) is 53.9 Å². The predicted molar refractivity (Wildman–Crippen MR) is 92.4 cm³/mol. The van der Waals surface area contributed by atoms with Crippen LogP contribution in [0.1, 0.15) is 16.1 Å². The SMILES string of the molecule is CN1CCN(C(=O)c2cc(Nc3ccc(C(F)(F)F)cc3)ccn2)CC1. The number of hydrogen-bond donors (Lipinski definition) is 1. The van der Waals surface area contributed by atoms with Gasteiger partial charge in [-0.25, -0.2) is 0 Å². The molecule has 0 aliphatic carbocycles. The molecule has 5 nitrogen and oxygen atoms in total. The molecule has 1 aromatic carbocycles. The number of halogens is 3. The number of piperazine rings is 1. The Morgan fingerprint density at radius 3 is 2.31 bits per heavy atom. The molecule has 1 fully saturated rings. The van der Waals surface area contributed by atoms with Gasteiger partial charge < -0.3 is 15.1 Å². The molecule has 26 heavy (non-hydrogen) atoms. The number of hydrogen-bond acceptors (Lipinski definition) is 4. The molecule has 1 saturated heterocycles. The normalized spacial score (nSPS) is 15.8. The second kappa shape index (κ2) is 7.33. The Balaban J connectivity index is 1.70. The number of carbonyl (C=O) groups is 1. The topological polar surface area (TPSA) is 48.5 Å². The first-order chi connectivity index (χ1) is 12.3. The van der Waals surface area contributed by atoms with Gasteiger partial charge in [0.1, 0.15) is 5.69 Å². The van der Waals surface area contributed by atoms with E-state index in [9.17, 15) is 18.0 Å². The van der Waals surface area contributed by atoms with Gasteiger partial charge in [-0.2, -0.15) is 13.2 Å². The predicted octanol–water partition coefficient (Wildman–Crippen LogP) is 3.23. The molecular formula is C18H19F3N4O. The summed E-state index contributed by atoms with van der Waals surface area (Å²) in [4.78, 5) is 20.6. The van der Waals surface area contributed by atoms with E-state index in [1.807, 2.05) is 7.05 Å². The number of likely N-dealkylation sites (N-methyl/N-ethyl adjacent to an activating group) is 1. The van der Waals surface area contributed by atoms with Crippen molar-refractivity contribution in [3.8, 4) is 0 Å². The van der Waals surface area contributed by atoms with Gasteiger partial charge >= 0.3 is 6.18 Å². The maximum atomic E-state index is 12.6. The quantitative estimate of drug-likeness (QED) is 0.909. The van der Waals surface area contributed by atoms with Crippen molar-refractivity contribution in [3.63, 3.8) is 0 Å². The first-order valence-corrected chi connectivity index (χ1v) is 8.21. The molecule has 2 aromatic rings. The summed E-state index contributed by atoms with van der Waals surface area (Å²) in [7, 11) is 2.01. The van der Waals surface area contributed by atoms with Crippen molar-refractivity contribution in [1.82, 2.24) is 14.8 Å². The van der Waals surface area contributed by atoms with Gasteiger partial charge in [0.2, 0.25) is 0 Å². The summed E-state index contributed by atoms with van der Waals surface area (Å²) >= 11 is 0. The third kappa shape index (κ3) is 4.32. The van der Waals surface area contributed by atoms with Gasteiger partial charge in [-0.05, 0) is 43.4 Å². The average Bonchev–Trinajstić information content (AvgIpc) is 2.62. The molecular weight excluding hydrogens is 345 g/mol. The Bertz CT molecular complexity index is 769. The molecule has 0 radical (unpaired) electrons. The molecule has 0 bridgehead atoms. The number of amides is 1. The molecule has 2 heterocycles. The molecule has 1 aliphatic rings. The number of carbonyl (C=O) groups excluding carboxylic acids is 1. The molecule has 0 spiro atoms. The van der Waals surface area contributed by atoms with Crippen LogP contribution >= 0.6 is 0 Å². The highest BCUT2D eigenvalue weighted by Crippen LogP contribution is 2.30. The third-order valence-corrected chi connectivity index (χ3v) is 4.27. The van der Waals surface area contributed by atoms with Crippen molar-refractivity contribution in [2.75, 3.05) is 38.5 Å². The molecule has 1 amide bonds. The van der Waals surface area contributed by atoms with E-state index in [4.69, 9.17) is 0 Å². The maximum Gasteiger partial charge on any atom is 0.416 e. The zero-order valence-corrected chi connectivity index (χ0v) is 14.3. The summed E-state index contributed by atoms with van der Waals surface area (Å²) in [6.45, 7) is 2.92. The van der Waals surface area contributed by atoms with Gasteiger partial charge in [0.15, 0.2) is 0 Å². The van der Waals surface area contributed by atoms with Crippen LogP contribution in [0.15, 0.2) is 42.6 Å².